The van der Waals surface area contributed by atoms with Crippen LogP contribution in [0.1, 0.15) is 46.2 Å². The van der Waals surface area contributed by atoms with Gasteiger partial charge in [0, 0.05) is 37.8 Å². The Labute approximate surface area is 129 Å². The van der Waals surface area contributed by atoms with E-state index in [0.29, 0.717) is 6.04 Å². The highest BCUT2D eigenvalue weighted by atomic mass is 16.5. The fourth-order valence-electron chi connectivity index (χ4n) is 3.27. The molecule has 1 saturated heterocycles. The van der Waals surface area contributed by atoms with Gasteiger partial charge in [-0.2, -0.15) is 0 Å². The fraction of sp³-hybridized carbons (Fsp3) is 0.667. The van der Waals surface area contributed by atoms with E-state index in [2.05, 4.69) is 75.2 Å². The molecule has 1 aromatic rings. The predicted molar refractivity (Wildman–Crippen MR) is 88.5 cm³/mol. The van der Waals surface area contributed by atoms with Crippen LogP contribution in [0.2, 0.25) is 0 Å². The Kier molecular flexibility index (Phi) is 5.07. The molecule has 118 valence electrons. The zero-order chi connectivity index (χ0) is 15.5. The lowest BCUT2D eigenvalue weighted by atomic mass is 9.93. The van der Waals surface area contributed by atoms with Crippen molar-refractivity contribution in [2.75, 3.05) is 26.2 Å². The van der Waals surface area contributed by atoms with E-state index in [0.717, 1.165) is 26.2 Å². The number of nitrogens with one attached hydrogen (secondary N) is 1. The second kappa shape index (κ2) is 6.47. The number of hydrogen-bond acceptors (Lipinski definition) is 3. The van der Waals surface area contributed by atoms with E-state index in [1.807, 2.05) is 0 Å². The number of piperazine rings is 1. The summed E-state index contributed by atoms with van der Waals surface area (Å²) in [6.45, 7) is 14.7. The van der Waals surface area contributed by atoms with Crippen molar-refractivity contribution in [3.05, 3.63) is 35.9 Å². The lowest BCUT2D eigenvalue weighted by molar-refractivity contribution is -0.0540. The molecule has 1 atom stereocenters. The molecular formula is C18H30N2O. The fourth-order valence-corrected chi connectivity index (χ4v) is 3.27. The average Bonchev–Trinajstić information content (AvgIpc) is 2.38. The first-order chi connectivity index (χ1) is 9.83. The summed E-state index contributed by atoms with van der Waals surface area (Å²) in [6, 6.07) is 11.2. The summed E-state index contributed by atoms with van der Waals surface area (Å²) < 4.78 is 5.92. The van der Waals surface area contributed by atoms with Crippen molar-refractivity contribution in [1.29, 1.82) is 0 Å². The van der Waals surface area contributed by atoms with Crippen LogP contribution in [0.3, 0.4) is 0 Å². The molecule has 1 fully saturated rings. The topological polar surface area (TPSA) is 24.5 Å². The maximum Gasteiger partial charge on any atom is 0.0752 e. The van der Waals surface area contributed by atoms with Crippen molar-refractivity contribution in [2.45, 2.75) is 51.8 Å². The minimum atomic E-state index is -0.116. The predicted octanol–water partition coefficient (Wildman–Crippen LogP) is 3.23. The molecule has 1 heterocycles. The smallest absolute Gasteiger partial charge is 0.0752 e. The van der Waals surface area contributed by atoms with E-state index in [4.69, 9.17) is 4.74 Å². The molecule has 3 nitrogen and oxygen atoms in total. The molecule has 3 heteroatoms. The van der Waals surface area contributed by atoms with Gasteiger partial charge in [-0.25, -0.2) is 0 Å². The minimum absolute atomic E-state index is 0.116. The standard InChI is InChI=1S/C18H30N2O/c1-6-21-18(4,5)14-20-13-17(2,3)19-12-16(20)15-10-8-7-9-11-15/h7-11,16,19H,6,12-14H2,1-5H3. The number of rotatable bonds is 5. The molecule has 0 radical (unpaired) electrons. The first-order valence-electron chi connectivity index (χ1n) is 8.01. The Morgan fingerprint density at radius 3 is 2.57 bits per heavy atom. The Balaban J connectivity index is 2.18. The first-order valence-corrected chi connectivity index (χ1v) is 8.01. The molecule has 0 saturated carbocycles. The van der Waals surface area contributed by atoms with E-state index in [9.17, 15) is 0 Å². The highest BCUT2D eigenvalue weighted by molar-refractivity contribution is 5.21. The molecule has 1 aliphatic heterocycles. The lowest BCUT2D eigenvalue weighted by Crippen LogP contribution is -2.60. The quantitative estimate of drug-likeness (QED) is 0.901. The van der Waals surface area contributed by atoms with Crippen LogP contribution >= 0.6 is 0 Å². The third-order valence-electron chi connectivity index (χ3n) is 4.12. The van der Waals surface area contributed by atoms with Gasteiger partial charge in [-0.1, -0.05) is 30.3 Å². The van der Waals surface area contributed by atoms with Gasteiger partial charge in [0.2, 0.25) is 0 Å². The average molecular weight is 290 g/mol. The molecule has 1 aliphatic rings. The van der Waals surface area contributed by atoms with E-state index < -0.39 is 0 Å². The molecule has 1 aromatic carbocycles. The van der Waals surface area contributed by atoms with Gasteiger partial charge in [0.1, 0.15) is 0 Å². The summed E-state index contributed by atoms with van der Waals surface area (Å²) in [6.07, 6.45) is 0. The number of nitrogens with zero attached hydrogens (tertiary/aromatic N) is 1. The van der Waals surface area contributed by atoms with Crippen LogP contribution in [0.25, 0.3) is 0 Å². The van der Waals surface area contributed by atoms with E-state index in [-0.39, 0.29) is 11.1 Å². The number of benzene rings is 1. The summed E-state index contributed by atoms with van der Waals surface area (Å²) in [4.78, 5) is 2.57. The molecular weight excluding hydrogens is 260 g/mol. The number of ether oxygens (including phenoxy) is 1. The van der Waals surface area contributed by atoms with Crippen LogP contribution < -0.4 is 5.32 Å². The maximum atomic E-state index is 5.92. The summed E-state index contributed by atoms with van der Waals surface area (Å²) in [5.41, 5.74) is 1.41. The molecule has 0 aliphatic carbocycles. The Morgan fingerprint density at radius 1 is 1.29 bits per heavy atom. The van der Waals surface area contributed by atoms with Gasteiger partial charge in [-0.05, 0) is 40.2 Å². The number of hydrogen-bond donors (Lipinski definition) is 1. The van der Waals surface area contributed by atoms with Gasteiger partial charge in [0.25, 0.3) is 0 Å². The molecule has 0 spiro atoms. The van der Waals surface area contributed by atoms with Crippen LogP contribution in [0.4, 0.5) is 0 Å². The van der Waals surface area contributed by atoms with E-state index in [1.54, 1.807) is 0 Å². The molecule has 1 unspecified atom stereocenters. The second-order valence-corrected chi connectivity index (χ2v) is 7.29. The first kappa shape index (κ1) is 16.5. The van der Waals surface area contributed by atoms with Crippen molar-refractivity contribution < 1.29 is 4.74 Å². The molecule has 2 rings (SSSR count). The van der Waals surface area contributed by atoms with Gasteiger partial charge in [-0.3, -0.25) is 4.90 Å². The Bertz CT molecular complexity index is 442. The van der Waals surface area contributed by atoms with E-state index >= 15 is 0 Å². The van der Waals surface area contributed by atoms with Crippen molar-refractivity contribution >= 4 is 0 Å². The molecule has 0 amide bonds. The second-order valence-electron chi connectivity index (χ2n) is 7.29. The van der Waals surface area contributed by atoms with Crippen LogP contribution in [-0.2, 0) is 4.74 Å². The van der Waals surface area contributed by atoms with Crippen LogP contribution in [-0.4, -0.2) is 42.3 Å². The Morgan fingerprint density at radius 2 is 1.95 bits per heavy atom. The zero-order valence-electron chi connectivity index (χ0n) is 14.1. The molecule has 21 heavy (non-hydrogen) atoms. The third-order valence-corrected chi connectivity index (χ3v) is 4.12. The molecule has 1 N–H and O–H groups in total. The van der Waals surface area contributed by atoms with Gasteiger partial charge in [-0.15, -0.1) is 0 Å². The minimum Gasteiger partial charge on any atom is -0.375 e. The summed E-state index contributed by atoms with van der Waals surface area (Å²) >= 11 is 0. The largest absolute Gasteiger partial charge is 0.375 e. The Hall–Kier alpha value is -0.900. The van der Waals surface area contributed by atoms with Gasteiger partial charge in [0.15, 0.2) is 0 Å². The van der Waals surface area contributed by atoms with Crippen LogP contribution in [0, 0.1) is 0 Å². The van der Waals surface area contributed by atoms with Crippen LogP contribution in [0.5, 0.6) is 0 Å². The highest BCUT2D eigenvalue weighted by Crippen LogP contribution is 2.29. The van der Waals surface area contributed by atoms with Gasteiger partial charge >= 0.3 is 0 Å². The molecule has 0 bridgehead atoms. The summed E-state index contributed by atoms with van der Waals surface area (Å²) in [5.74, 6) is 0. The van der Waals surface area contributed by atoms with Gasteiger partial charge in [0.05, 0.1) is 5.60 Å². The third kappa shape index (κ3) is 4.53. The SMILES string of the molecule is CCOC(C)(C)CN1CC(C)(C)NCC1c1ccccc1. The summed E-state index contributed by atoms with van der Waals surface area (Å²) in [5, 5.41) is 3.67. The normalized spacial score (nSPS) is 23.2. The van der Waals surface area contributed by atoms with Gasteiger partial charge < -0.3 is 10.1 Å². The van der Waals surface area contributed by atoms with E-state index in [1.165, 1.54) is 5.56 Å². The van der Waals surface area contributed by atoms with Crippen molar-refractivity contribution in [3.63, 3.8) is 0 Å². The maximum absolute atomic E-state index is 5.92. The van der Waals surface area contributed by atoms with Crippen molar-refractivity contribution in [1.82, 2.24) is 10.2 Å². The summed E-state index contributed by atoms with van der Waals surface area (Å²) in [7, 11) is 0. The van der Waals surface area contributed by atoms with Crippen molar-refractivity contribution in [3.8, 4) is 0 Å². The lowest BCUT2D eigenvalue weighted by Gasteiger charge is -2.47. The van der Waals surface area contributed by atoms with Crippen LogP contribution in [0.15, 0.2) is 30.3 Å². The monoisotopic (exact) mass is 290 g/mol. The zero-order valence-corrected chi connectivity index (χ0v) is 14.1. The highest BCUT2D eigenvalue weighted by Gasteiger charge is 2.36. The molecule has 0 aromatic heterocycles. The van der Waals surface area contributed by atoms with Crippen molar-refractivity contribution in [2.24, 2.45) is 0 Å².